The SMILES string of the molecule is Cc1cccc(Nc2c(C)cc(Br)cc2C)c1N. The molecule has 18 heavy (non-hydrogen) atoms. The van der Waals surface area contributed by atoms with Crippen molar-refractivity contribution in [3.8, 4) is 0 Å². The van der Waals surface area contributed by atoms with Crippen molar-refractivity contribution in [3.63, 3.8) is 0 Å². The molecule has 0 saturated carbocycles. The number of hydrogen-bond donors (Lipinski definition) is 2. The van der Waals surface area contributed by atoms with Crippen LogP contribution in [0.3, 0.4) is 0 Å². The van der Waals surface area contributed by atoms with Gasteiger partial charge in [-0.3, -0.25) is 0 Å². The monoisotopic (exact) mass is 304 g/mol. The second kappa shape index (κ2) is 5.02. The largest absolute Gasteiger partial charge is 0.397 e. The first-order chi connectivity index (χ1) is 8.49. The van der Waals surface area contributed by atoms with Crippen LogP contribution in [-0.2, 0) is 0 Å². The highest BCUT2D eigenvalue weighted by Gasteiger charge is 2.07. The van der Waals surface area contributed by atoms with Gasteiger partial charge in [-0.1, -0.05) is 28.1 Å². The highest BCUT2D eigenvalue weighted by atomic mass is 79.9. The molecule has 0 amide bonds. The van der Waals surface area contributed by atoms with Crippen molar-refractivity contribution in [2.24, 2.45) is 0 Å². The molecule has 3 heteroatoms. The second-order valence-corrected chi connectivity index (χ2v) is 5.49. The Hall–Kier alpha value is -1.48. The van der Waals surface area contributed by atoms with Crippen LogP contribution in [0.5, 0.6) is 0 Å². The van der Waals surface area contributed by atoms with Gasteiger partial charge in [0.25, 0.3) is 0 Å². The van der Waals surface area contributed by atoms with Crippen LogP contribution in [0, 0.1) is 20.8 Å². The van der Waals surface area contributed by atoms with Gasteiger partial charge in [-0.05, 0) is 55.7 Å². The minimum atomic E-state index is 0.805. The number of para-hydroxylation sites is 1. The van der Waals surface area contributed by atoms with Gasteiger partial charge < -0.3 is 11.1 Å². The first-order valence-corrected chi connectivity index (χ1v) is 6.67. The van der Waals surface area contributed by atoms with E-state index in [9.17, 15) is 0 Å². The van der Waals surface area contributed by atoms with Crippen LogP contribution >= 0.6 is 15.9 Å². The van der Waals surface area contributed by atoms with E-state index < -0.39 is 0 Å². The molecule has 0 spiro atoms. The topological polar surface area (TPSA) is 38.0 Å². The number of nitrogen functional groups attached to an aromatic ring is 1. The Morgan fingerprint density at radius 1 is 1.00 bits per heavy atom. The van der Waals surface area contributed by atoms with Crippen molar-refractivity contribution in [2.45, 2.75) is 20.8 Å². The van der Waals surface area contributed by atoms with Gasteiger partial charge in [-0.25, -0.2) is 0 Å². The first-order valence-electron chi connectivity index (χ1n) is 5.88. The Bertz CT molecular complexity index is 568. The fourth-order valence-electron chi connectivity index (χ4n) is 2.03. The number of rotatable bonds is 2. The normalized spacial score (nSPS) is 10.4. The van der Waals surface area contributed by atoms with E-state index >= 15 is 0 Å². The summed E-state index contributed by atoms with van der Waals surface area (Å²) in [6.45, 7) is 6.19. The van der Waals surface area contributed by atoms with Gasteiger partial charge in [0, 0.05) is 10.2 Å². The molecule has 94 valence electrons. The van der Waals surface area contributed by atoms with Crippen molar-refractivity contribution in [1.82, 2.24) is 0 Å². The fourth-order valence-corrected chi connectivity index (χ4v) is 2.72. The molecule has 0 heterocycles. The van der Waals surface area contributed by atoms with Crippen LogP contribution in [0.1, 0.15) is 16.7 Å². The zero-order valence-corrected chi connectivity index (χ0v) is 12.4. The second-order valence-electron chi connectivity index (χ2n) is 4.58. The van der Waals surface area contributed by atoms with Gasteiger partial charge in [0.15, 0.2) is 0 Å². The van der Waals surface area contributed by atoms with E-state index in [1.165, 1.54) is 11.1 Å². The van der Waals surface area contributed by atoms with Crippen LogP contribution < -0.4 is 11.1 Å². The molecular formula is C15H17BrN2. The fraction of sp³-hybridized carbons (Fsp3) is 0.200. The number of nitrogens with one attached hydrogen (secondary N) is 1. The van der Waals surface area contributed by atoms with Gasteiger partial charge >= 0.3 is 0 Å². The number of anilines is 3. The molecule has 0 bridgehead atoms. The van der Waals surface area contributed by atoms with Gasteiger partial charge in [0.05, 0.1) is 11.4 Å². The molecule has 0 unspecified atom stereocenters. The summed E-state index contributed by atoms with van der Waals surface area (Å²) < 4.78 is 1.10. The Balaban J connectivity index is 2.43. The van der Waals surface area contributed by atoms with Crippen LogP contribution in [-0.4, -0.2) is 0 Å². The molecular weight excluding hydrogens is 288 g/mol. The van der Waals surface area contributed by atoms with Gasteiger partial charge in [-0.2, -0.15) is 0 Å². The number of aryl methyl sites for hydroxylation is 3. The van der Waals surface area contributed by atoms with Crippen molar-refractivity contribution >= 4 is 33.0 Å². The number of hydrogen-bond acceptors (Lipinski definition) is 2. The molecule has 0 aliphatic carbocycles. The summed E-state index contributed by atoms with van der Waals surface area (Å²) in [5, 5.41) is 3.43. The Kier molecular flexibility index (Phi) is 3.62. The highest BCUT2D eigenvalue weighted by molar-refractivity contribution is 9.10. The molecule has 0 aliphatic rings. The third-order valence-corrected chi connectivity index (χ3v) is 3.54. The third-order valence-electron chi connectivity index (χ3n) is 3.08. The van der Waals surface area contributed by atoms with E-state index in [4.69, 9.17) is 5.73 Å². The highest BCUT2D eigenvalue weighted by Crippen LogP contribution is 2.31. The minimum absolute atomic E-state index is 0.805. The van der Waals surface area contributed by atoms with E-state index in [1.807, 2.05) is 25.1 Å². The number of benzene rings is 2. The first kappa shape index (κ1) is 13.0. The maximum Gasteiger partial charge on any atom is 0.0620 e. The molecule has 0 radical (unpaired) electrons. The summed E-state index contributed by atoms with van der Waals surface area (Å²) in [7, 11) is 0. The van der Waals surface area contributed by atoms with E-state index in [1.54, 1.807) is 0 Å². The van der Waals surface area contributed by atoms with Crippen molar-refractivity contribution < 1.29 is 0 Å². The maximum atomic E-state index is 6.09. The Morgan fingerprint density at radius 3 is 2.22 bits per heavy atom. The predicted molar refractivity (Wildman–Crippen MR) is 82.5 cm³/mol. The molecule has 0 aliphatic heterocycles. The smallest absolute Gasteiger partial charge is 0.0620 e. The van der Waals surface area contributed by atoms with E-state index in [0.29, 0.717) is 0 Å². The molecule has 2 nitrogen and oxygen atoms in total. The standard InChI is InChI=1S/C15H17BrN2/c1-9-5-4-6-13(14(9)17)18-15-10(2)7-12(16)8-11(15)3/h4-8,18H,17H2,1-3H3. The van der Waals surface area contributed by atoms with Crippen LogP contribution in [0.2, 0.25) is 0 Å². The van der Waals surface area contributed by atoms with Crippen molar-refractivity contribution in [1.29, 1.82) is 0 Å². The lowest BCUT2D eigenvalue weighted by atomic mass is 10.1. The summed E-state index contributed by atoms with van der Waals surface area (Å²) in [5.41, 5.74) is 12.5. The molecule has 0 aromatic heterocycles. The molecule has 3 N–H and O–H groups in total. The Labute approximate surface area is 116 Å². The van der Waals surface area contributed by atoms with E-state index in [0.717, 1.165) is 27.1 Å². The molecule has 0 fully saturated rings. The zero-order chi connectivity index (χ0) is 13.3. The molecule has 2 aromatic carbocycles. The van der Waals surface area contributed by atoms with Gasteiger partial charge in [-0.15, -0.1) is 0 Å². The maximum absolute atomic E-state index is 6.09. The lowest BCUT2D eigenvalue weighted by molar-refractivity contribution is 1.34. The van der Waals surface area contributed by atoms with Crippen LogP contribution in [0.4, 0.5) is 17.1 Å². The van der Waals surface area contributed by atoms with Crippen LogP contribution in [0.15, 0.2) is 34.8 Å². The average molecular weight is 305 g/mol. The van der Waals surface area contributed by atoms with Gasteiger partial charge in [0.2, 0.25) is 0 Å². The number of halogens is 1. The summed E-state index contributed by atoms with van der Waals surface area (Å²) in [5.74, 6) is 0. The minimum Gasteiger partial charge on any atom is -0.397 e. The third kappa shape index (κ3) is 2.51. The van der Waals surface area contributed by atoms with Crippen molar-refractivity contribution in [3.05, 3.63) is 51.5 Å². The summed E-state index contributed by atoms with van der Waals surface area (Å²) in [4.78, 5) is 0. The Morgan fingerprint density at radius 2 is 1.61 bits per heavy atom. The molecule has 0 saturated heterocycles. The zero-order valence-electron chi connectivity index (χ0n) is 10.8. The van der Waals surface area contributed by atoms with E-state index in [2.05, 4.69) is 47.2 Å². The molecule has 2 rings (SSSR count). The van der Waals surface area contributed by atoms with E-state index in [-0.39, 0.29) is 0 Å². The van der Waals surface area contributed by atoms with Gasteiger partial charge in [0.1, 0.15) is 0 Å². The average Bonchev–Trinajstić information content (AvgIpc) is 2.28. The van der Waals surface area contributed by atoms with Crippen LogP contribution in [0.25, 0.3) is 0 Å². The summed E-state index contributed by atoms with van der Waals surface area (Å²) in [6, 6.07) is 10.2. The lowest BCUT2D eigenvalue weighted by Crippen LogP contribution is -2.01. The molecule has 0 atom stereocenters. The number of nitrogens with two attached hydrogens (primary N) is 1. The predicted octanol–water partition coefficient (Wildman–Crippen LogP) is 4.70. The molecule has 2 aromatic rings. The summed E-state index contributed by atoms with van der Waals surface area (Å²) >= 11 is 3.51. The van der Waals surface area contributed by atoms with Crippen molar-refractivity contribution in [2.75, 3.05) is 11.1 Å². The quantitative estimate of drug-likeness (QED) is 0.789. The lowest BCUT2D eigenvalue weighted by Gasteiger charge is -2.16. The summed E-state index contributed by atoms with van der Waals surface area (Å²) in [6.07, 6.45) is 0.